The van der Waals surface area contributed by atoms with Gasteiger partial charge in [-0.2, -0.15) is 0 Å². The van der Waals surface area contributed by atoms with Crippen LogP contribution in [0.4, 0.5) is 0 Å². The lowest BCUT2D eigenvalue weighted by Gasteiger charge is -2.48. The summed E-state index contributed by atoms with van der Waals surface area (Å²) in [6.07, 6.45) is 5.18. The van der Waals surface area contributed by atoms with Crippen LogP contribution in [-0.4, -0.2) is 48.8 Å². The van der Waals surface area contributed by atoms with Gasteiger partial charge < -0.3 is 15.5 Å². The minimum atomic E-state index is -0.584. The van der Waals surface area contributed by atoms with Crippen LogP contribution in [0.25, 0.3) is 0 Å². The molecular weight excluding hydrogens is 354 g/mol. The summed E-state index contributed by atoms with van der Waals surface area (Å²) in [5.74, 6) is -1.03. The number of nitrogens with one attached hydrogen (secondary N) is 2. The van der Waals surface area contributed by atoms with Crippen molar-refractivity contribution in [3.8, 4) is 0 Å². The van der Waals surface area contributed by atoms with Crippen LogP contribution < -0.4 is 10.6 Å². The minimum Gasteiger partial charge on any atom is -0.353 e. The summed E-state index contributed by atoms with van der Waals surface area (Å²) in [6, 6.07) is 10.1. The third kappa shape index (κ3) is 4.26. The molecule has 0 radical (unpaired) electrons. The summed E-state index contributed by atoms with van der Waals surface area (Å²) in [5, 5.41) is 5.97. The van der Waals surface area contributed by atoms with E-state index < -0.39 is 5.92 Å². The first-order chi connectivity index (χ1) is 13.4. The molecule has 1 aliphatic heterocycles. The maximum Gasteiger partial charge on any atom is 0.243 e. The lowest BCUT2D eigenvalue weighted by molar-refractivity contribution is -0.141. The summed E-state index contributed by atoms with van der Waals surface area (Å²) in [6.45, 7) is 4.71. The molecule has 0 spiro atoms. The van der Waals surface area contributed by atoms with Gasteiger partial charge in [0.1, 0.15) is 5.92 Å². The fraction of sp³-hybridized carbons (Fsp3) is 0.500. The van der Waals surface area contributed by atoms with Crippen LogP contribution in [0.2, 0.25) is 0 Å². The third-order valence-corrected chi connectivity index (χ3v) is 6.02. The molecule has 1 aromatic rings. The maximum atomic E-state index is 12.7. The number of amides is 3. The van der Waals surface area contributed by atoms with E-state index in [0.29, 0.717) is 19.5 Å². The topological polar surface area (TPSA) is 78.5 Å². The van der Waals surface area contributed by atoms with Crippen LogP contribution in [0.1, 0.15) is 37.7 Å². The fourth-order valence-electron chi connectivity index (χ4n) is 4.33. The Kier molecular flexibility index (Phi) is 6.17. The lowest BCUT2D eigenvalue weighted by atomic mass is 9.61. The van der Waals surface area contributed by atoms with E-state index >= 15 is 0 Å². The van der Waals surface area contributed by atoms with Crippen LogP contribution in [0.5, 0.6) is 0 Å². The second-order valence-corrected chi connectivity index (χ2v) is 7.99. The van der Waals surface area contributed by atoms with Gasteiger partial charge in [-0.3, -0.25) is 14.4 Å². The molecule has 1 saturated carbocycles. The second-order valence-electron chi connectivity index (χ2n) is 7.99. The van der Waals surface area contributed by atoms with Gasteiger partial charge in [-0.05, 0) is 37.3 Å². The number of hydrogen-bond acceptors (Lipinski definition) is 3. The van der Waals surface area contributed by atoms with Gasteiger partial charge >= 0.3 is 0 Å². The van der Waals surface area contributed by atoms with Gasteiger partial charge in [0.05, 0.1) is 0 Å². The number of benzene rings is 1. The van der Waals surface area contributed by atoms with E-state index in [1.54, 1.807) is 11.9 Å². The van der Waals surface area contributed by atoms with Crippen LogP contribution >= 0.6 is 0 Å². The van der Waals surface area contributed by atoms with Crippen molar-refractivity contribution < 1.29 is 14.4 Å². The highest BCUT2D eigenvalue weighted by Crippen LogP contribution is 2.43. The molecular formula is C22H29N3O3. The van der Waals surface area contributed by atoms with Gasteiger partial charge in [0.25, 0.3) is 0 Å². The molecule has 3 rings (SSSR count). The average Bonchev–Trinajstić information content (AvgIpc) is 2.85. The Labute approximate surface area is 166 Å². The van der Waals surface area contributed by atoms with Crippen molar-refractivity contribution in [3.63, 3.8) is 0 Å². The molecule has 0 aromatic heterocycles. The number of carbonyl (C=O) groups excluding carboxylic acids is 3. The van der Waals surface area contributed by atoms with E-state index in [0.717, 1.165) is 31.2 Å². The van der Waals surface area contributed by atoms with E-state index in [1.807, 2.05) is 18.2 Å². The Morgan fingerprint density at radius 3 is 2.64 bits per heavy atom. The Bertz CT molecular complexity index is 741. The number of likely N-dealkylation sites (tertiary alicyclic amines) is 1. The zero-order valence-electron chi connectivity index (χ0n) is 16.4. The van der Waals surface area contributed by atoms with Crippen molar-refractivity contribution in [3.05, 3.63) is 48.6 Å². The Morgan fingerprint density at radius 1 is 1.25 bits per heavy atom. The molecule has 1 aromatic carbocycles. The maximum absolute atomic E-state index is 12.7. The molecule has 3 amide bonds. The highest BCUT2D eigenvalue weighted by Gasteiger charge is 2.47. The van der Waals surface area contributed by atoms with Crippen molar-refractivity contribution in [1.82, 2.24) is 15.5 Å². The fourth-order valence-corrected chi connectivity index (χ4v) is 4.33. The quantitative estimate of drug-likeness (QED) is 0.580. The predicted octanol–water partition coefficient (Wildman–Crippen LogP) is 1.76. The van der Waals surface area contributed by atoms with Gasteiger partial charge in [-0.25, -0.2) is 0 Å². The predicted molar refractivity (Wildman–Crippen MR) is 107 cm³/mol. The van der Waals surface area contributed by atoms with Crippen LogP contribution in [0.15, 0.2) is 43.0 Å². The molecule has 28 heavy (non-hydrogen) atoms. The summed E-state index contributed by atoms with van der Waals surface area (Å²) in [4.78, 5) is 38.5. The van der Waals surface area contributed by atoms with Gasteiger partial charge in [0.15, 0.2) is 0 Å². The first-order valence-electron chi connectivity index (χ1n) is 9.96. The van der Waals surface area contributed by atoms with E-state index in [1.165, 1.54) is 6.08 Å². The molecule has 2 aliphatic rings. The smallest absolute Gasteiger partial charge is 0.243 e. The zero-order chi connectivity index (χ0) is 20.1. The summed E-state index contributed by atoms with van der Waals surface area (Å²) >= 11 is 0. The Hall–Kier alpha value is -2.63. The van der Waals surface area contributed by atoms with Crippen molar-refractivity contribution in [1.29, 1.82) is 0 Å². The molecule has 2 fully saturated rings. The molecule has 0 bridgehead atoms. The first kappa shape index (κ1) is 20.1. The van der Waals surface area contributed by atoms with Crippen molar-refractivity contribution in [2.45, 2.75) is 43.6 Å². The largest absolute Gasteiger partial charge is 0.353 e. The molecule has 6 nitrogen and oxygen atoms in total. The number of rotatable bonds is 6. The molecule has 1 saturated heterocycles. The van der Waals surface area contributed by atoms with Gasteiger partial charge in [-0.15, -0.1) is 0 Å². The van der Waals surface area contributed by atoms with Gasteiger partial charge in [0.2, 0.25) is 17.7 Å². The van der Waals surface area contributed by atoms with Crippen molar-refractivity contribution in [2.75, 3.05) is 20.1 Å². The monoisotopic (exact) mass is 383 g/mol. The number of hydrogen-bond donors (Lipinski definition) is 2. The van der Waals surface area contributed by atoms with Crippen LogP contribution in [0, 0.1) is 5.92 Å². The van der Waals surface area contributed by atoms with E-state index in [4.69, 9.17) is 0 Å². The minimum absolute atomic E-state index is 0.00898. The molecule has 1 heterocycles. The lowest BCUT2D eigenvalue weighted by Crippen LogP contribution is -2.58. The SMILES string of the molecule is C=CC(=O)NCC1(c2ccccc2)CC(NC(=O)C2CCCCN(C)C2=O)C1. The molecule has 1 atom stereocenters. The normalized spacial score (nSPS) is 27.3. The second kappa shape index (κ2) is 8.59. The van der Waals surface area contributed by atoms with E-state index in [9.17, 15) is 14.4 Å². The average molecular weight is 383 g/mol. The van der Waals surface area contributed by atoms with Gasteiger partial charge in [-0.1, -0.05) is 43.3 Å². The molecule has 1 unspecified atom stereocenters. The standard InChI is InChI=1S/C22H29N3O3/c1-3-19(26)23-15-22(16-9-5-4-6-10-16)13-17(14-22)24-20(27)18-11-7-8-12-25(2)21(18)28/h3-6,9-10,17-18H,1,7-8,11-15H2,2H3,(H,23,26)(H,24,27). The van der Waals surface area contributed by atoms with Crippen LogP contribution in [-0.2, 0) is 19.8 Å². The van der Waals surface area contributed by atoms with Crippen LogP contribution in [0.3, 0.4) is 0 Å². The van der Waals surface area contributed by atoms with Crippen molar-refractivity contribution in [2.24, 2.45) is 5.92 Å². The van der Waals surface area contributed by atoms with E-state index in [-0.39, 0.29) is 29.2 Å². The summed E-state index contributed by atoms with van der Waals surface area (Å²) in [7, 11) is 1.76. The third-order valence-electron chi connectivity index (χ3n) is 6.02. The highest BCUT2D eigenvalue weighted by molar-refractivity contribution is 6.00. The molecule has 1 aliphatic carbocycles. The van der Waals surface area contributed by atoms with E-state index in [2.05, 4.69) is 29.3 Å². The molecule has 2 N–H and O–H groups in total. The first-order valence-corrected chi connectivity index (χ1v) is 9.96. The molecule has 150 valence electrons. The van der Waals surface area contributed by atoms with Gasteiger partial charge in [0, 0.05) is 31.6 Å². The number of nitrogens with zero attached hydrogens (tertiary/aromatic N) is 1. The summed E-state index contributed by atoms with van der Waals surface area (Å²) < 4.78 is 0. The summed E-state index contributed by atoms with van der Waals surface area (Å²) in [5.41, 5.74) is 0.942. The molecule has 6 heteroatoms. The Balaban J connectivity index is 1.64. The Morgan fingerprint density at radius 2 is 1.96 bits per heavy atom. The highest BCUT2D eigenvalue weighted by atomic mass is 16.2. The number of carbonyl (C=O) groups is 3. The zero-order valence-corrected chi connectivity index (χ0v) is 16.4. The van der Waals surface area contributed by atoms with Crippen molar-refractivity contribution >= 4 is 17.7 Å².